The minimum absolute atomic E-state index is 0.0205. The summed E-state index contributed by atoms with van der Waals surface area (Å²) in [5.41, 5.74) is 1.12. The minimum Gasteiger partial charge on any atom is -0.489 e. The maximum absolute atomic E-state index is 13.0. The highest BCUT2D eigenvalue weighted by Crippen LogP contribution is 2.42. The van der Waals surface area contributed by atoms with Crippen LogP contribution < -0.4 is 16.0 Å². The van der Waals surface area contributed by atoms with E-state index in [0.717, 1.165) is 38.2 Å². The third-order valence-corrected chi connectivity index (χ3v) is 8.68. The van der Waals surface area contributed by atoms with Gasteiger partial charge in [0.05, 0.1) is 23.9 Å². The summed E-state index contributed by atoms with van der Waals surface area (Å²) >= 11 is 7.77. The van der Waals surface area contributed by atoms with E-state index in [9.17, 15) is 27.6 Å². The van der Waals surface area contributed by atoms with E-state index in [4.69, 9.17) is 21.1 Å². The molecule has 1 amide bonds. The van der Waals surface area contributed by atoms with Crippen molar-refractivity contribution in [3.8, 4) is 16.9 Å². The quantitative estimate of drug-likeness (QED) is 0.269. The van der Waals surface area contributed by atoms with Gasteiger partial charge in [0.25, 0.3) is 5.56 Å². The van der Waals surface area contributed by atoms with Crippen LogP contribution in [0.5, 0.6) is 5.75 Å². The lowest BCUT2D eigenvalue weighted by atomic mass is 9.96. The monoisotopic (exact) mass is 636 g/mol. The molecule has 9 nitrogen and oxygen atoms in total. The van der Waals surface area contributed by atoms with E-state index in [2.05, 4.69) is 4.98 Å². The number of nitrogens with zero attached hydrogens (tertiary/aromatic N) is 4. The number of benzene rings is 1. The number of thiophene rings is 1. The number of pyridine rings is 1. The van der Waals surface area contributed by atoms with Crippen molar-refractivity contribution in [3.05, 3.63) is 79.0 Å². The largest absolute Gasteiger partial charge is 0.489 e. The average Bonchev–Trinajstić information content (AvgIpc) is 3.36. The van der Waals surface area contributed by atoms with E-state index < -0.39 is 24.0 Å². The van der Waals surface area contributed by atoms with Crippen LogP contribution in [0, 0.1) is 12.8 Å². The first-order valence-corrected chi connectivity index (χ1v) is 14.6. The summed E-state index contributed by atoms with van der Waals surface area (Å²) < 4.78 is 52.3. The van der Waals surface area contributed by atoms with Gasteiger partial charge in [-0.3, -0.25) is 18.9 Å². The second kappa shape index (κ2) is 12.0. The van der Waals surface area contributed by atoms with Crippen molar-refractivity contribution in [3.63, 3.8) is 0 Å². The Morgan fingerprint density at radius 2 is 1.95 bits per heavy atom. The highest BCUT2D eigenvalue weighted by molar-refractivity contribution is 7.19. The van der Waals surface area contributed by atoms with E-state index in [-0.39, 0.29) is 24.7 Å². The Kier molecular flexibility index (Phi) is 8.57. The second-order valence-electron chi connectivity index (χ2n) is 10.5. The molecule has 1 saturated heterocycles. The summed E-state index contributed by atoms with van der Waals surface area (Å²) in [6.45, 7) is 3.16. The number of methoxy groups -OCH3 is 1. The number of piperidine rings is 1. The van der Waals surface area contributed by atoms with Gasteiger partial charge in [-0.2, -0.15) is 13.2 Å². The highest BCUT2D eigenvalue weighted by atomic mass is 35.5. The van der Waals surface area contributed by atoms with Crippen molar-refractivity contribution in [1.82, 2.24) is 19.0 Å². The molecule has 1 aliphatic rings. The number of aromatic nitrogens is 3. The summed E-state index contributed by atoms with van der Waals surface area (Å²) in [6.07, 6.45) is -2.10. The number of likely N-dealkylation sites (tertiary alicyclic amines) is 1. The van der Waals surface area contributed by atoms with Crippen LogP contribution in [-0.4, -0.2) is 57.6 Å². The Balaban J connectivity index is 1.50. The standard InChI is InChI=1S/C29H28ClF3N4O5S/c1-16-10-18(30)11-21(25(16)42-23-5-8-35(13-17(23)2)28(40)41-3)20-4-7-34-22-12-19(43-26(20)22)14-37-24(38)6-9-36(27(37)39)15-29(31,32)33/h4,6-7,9-12,17,23H,5,8,13-15H2,1-3H3/t17-,23+/m0/s1. The summed E-state index contributed by atoms with van der Waals surface area (Å²) in [5, 5.41) is 0.496. The zero-order chi connectivity index (χ0) is 31.1. The molecule has 0 saturated carbocycles. The van der Waals surface area contributed by atoms with Crippen molar-refractivity contribution in [1.29, 1.82) is 0 Å². The molecule has 1 fully saturated rings. The Morgan fingerprint density at radius 3 is 2.65 bits per heavy atom. The zero-order valence-corrected chi connectivity index (χ0v) is 25.1. The fourth-order valence-corrected chi connectivity index (χ4v) is 6.68. The molecule has 0 aliphatic carbocycles. The third kappa shape index (κ3) is 6.57. The van der Waals surface area contributed by atoms with Gasteiger partial charge in [-0.15, -0.1) is 11.3 Å². The van der Waals surface area contributed by atoms with E-state index in [1.165, 1.54) is 18.4 Å². The Bertz CT molecular complexity index is 1800. The number of ether oxygens (including phenoxy) is 2. The molecule has 4 aromatic rings. The molecular weight excluding hydrogens is 609 g/mol. The van der Waals surface area contributed by atoms with E-state index in [1.54, 1.807) is 29.3 Å². The van der Waals surface area contributed by atoms with Gasteiger partial charge in [-0.25, -0.2) is 9.59 Å². The summed E-state index contributed by atoms with van der Waals surface area (Å²) in [6, 6.07) is 8.07. The molecule has 0 radical (unpaired) electrons. The van der Waals surface area contributed by atoms with Gasteiger partial charge in [0, 0.05) is 64.9 Å². The average molecular weight is 637 g/mol. The molecule has 228 valence electrons. The molecule has 5 rings (SSSR count). The second-order valence-corrected chi connectivity index (χ2v) is 12.1. The lowest BCUT2D eigenvalue weighted by molar-refractivity contribution is -0.141. The van der Waals surface area contributed by atoms with Gasteiger partial charge in [0.2, 0.25) is 0 Å². The molecule has 0 spiro atoms. The van der Waals surface area contributed by atoms with Crippen LogP contribution in [0.25, 0.3) is 21.3 Å². The number of carbonyl (C=O) groups is 1. The molecule has 0 N–H and O–H groups in total. The SMILES string of the molecule is COC(=O)N1CC[C@@H](Oc2c(C)cc(Cl)cc2-c2ccnc3cc(Cn4c(=O)ccn(CC(F)(F)F)c4=O)sc23)[C@@H](C)C1. The van der Waals surface area contributed by atoms with Gasteiger partial charge in [0.1, 0.15) is 18.4 Å². The molecule has 3 aromatic heterocycles. The number of aryl methyl sites for hydroxylation is 1. The zero-order valence-electron chi connectivity index (χ0n) is 23.5. The van der Waals surface area contributed by atoms with Crippen LogP contribution in [0.15, 0.2) is 52.3 Å². The topological polar surface area (TPSA) is 95.7 Å². The van der Waals surface area contributed by atoms with Crippen LogP contribution in [0.4, 0.5) is 18.0 Å². The van der Waals surface area contributed by atoms with Crippen molar-refractivity contribution in [2.45, 2.75) is 45.6 Å². The molecule has 1 aromatic carbocycles. The van der Waals surface area contributed by atoms with Crippen LogP contribution >= 0.6 is 22.9 Å². The predicted molar refractivity (Wildman–Crippen MR) is 157 cm³/mol. The van der Waals surface area contributed by atoms with Crippen LogP contribution in [-0.2, 0) is 17.8 Å². The molecule has 0 bridgehead atoms. The normalized spacial score (nSPS) is 17.3. The van der Waals surface area contributed by atoms with Gasteiger partial charge in [-0.1, -0.05) is 18.5 Å². The van der Waals surface area contributed by atoms with Gasteiger partial charge in [-0.05, 0) is 36.8 Å². The van der Waals surface area contributed by atoms with Crippen LogP contribution in [0.3, 0.4) is 0 Å². The lowest BCUT2D eigenvalue weighted by Gasteiger charge is -2.36. The molecule has 2 atom stereocenters. The molecule has 43 heavy (non-hydrogen) atoms. The number of fused-ring (bicyclic) bond motifs is 1. The first-order chi connectivity index (χ1) is 20.3. The molecule has 0 unspecified atom stereocenters. The van der Waals surface area contributed by atoms with E-state index >= 15 is 0 Å². The molecule has 1 aliphatic heterocycles. The van der Waals surface area contributed by atoms with Crippen molar-refractivity contribution >= 4 is 39.2 Å². The smallest absolute Gasteiger partial charge is 0.409 e. The van der Waals surface area contributed by atoms with Crippen molar-refractivity contribution in [2.75, 3.05) is 20.2 Å². The molecule has 4 heterocycles. The Hall–Kier alpha value is -3.84. The summed E-state index contributed by atoms with van der Waals surface area (Å²) in [4.78, 5) is 43.9. The van der Waals surface area contributed by atoms with Crippen LogP contribution in [0.2, 0.25) is 5.02 Å². The Morgan fingerprint density at radius 1 is 1.19 bits per heavy atom. The first kappa shape index (κ1) is 30.6. The minimum atomic E-state index is -4.62. The molecular formula is C29H28ClF3N4O5S. The van der Waals surface area contributed by atoms with Crippen LogP contribution in [0.1, 0.15) is 23.8 Å². The van der Waals surface area contributed by atoms with Crippen molar-refractivity contribution < 1.29 is 27.4 Å². The Labute approximate surface area is 253 Å². The fraction of sp³-hybridized carbons (Fsp3) is 0.379. The number of hydrogen-bond donors (Lipinski definition) is 0. The number of carbonyl (C=O) groups excluding carboxylic acids is 1. The number of rotatable bonds is 6. The fourth-order valence-electron chi connectivity index (χ4n) is 5.28. The highest BCUT2D eigenvalue weighted by Gasteiger charge is 2.32. The van der Waals surface area contributed by atoms with E-state index in [0.29, 0.717) is 45.2 Å². The first-order valence-electron chi connectivity index (χ1n) is 13.4. The number of alkyl halides is 3. The molecule has 14 heteroatoms. The van der Waals surface area contributed by atoms with Gasteiger partial charge < -0.3 is 14.4 Å². The number of amides is 1. The summed E-state index contributed by atoms with van der Waals surface area (Å²) in [5.74, 6) is 0.650. The third-order valence-electron chi connectivity index (χ3n) is 7.32. The lowest BCUT2D eigenvalue weighted by Crippen LogP contribution is -2.47. The number of hydrogen-bond acceptors (Lipinski definition) is 7. The number of halogens is 4. The van der Waals surface area contributed by atoms with Crippen molar-refractivity contribution in [2.24, 2.45) is 5.92 Å². The van der Waals surface area contributed by atoms with E-state index in [1.807, 2.05) is 19.9 Å². The predicted octanol–water partition coefficient (Wildman–Crippen LogP) is 5.71. The van der Waals surface area contributed by atoms with Gasteiger partial charge >= 0.3 is 18.0 Å². The maximum Gasteiger partial charge on any atom is 0.409 e. The maximum atomic E-state index is 13.0. The van der Waals surface area contributed by atoms with Gasteiger partial charge in [0.15, 0.2) is 0 Å². The summed E-state index contributed by atoms with van der Waals surface area (Å²) in [7, 11) is 1.35.